The number of aliphatic hydroxyl groups excluding tert-OH is 1. The normalized spacial score (nSPS) is 20.7. The predicted molar refractivity (Wildman–Crippen MR) is 160 cm³/mol. The van der Waals surface area contributed by atoms with Gasteiger partial charge in [-0.05, 0) is 67.1 Å². The summed E-state index contributed by atoms with van der Waals surface area (Å²) in [5, 5.41) is 9.60. The van der Waals surface area contributed by atoms with E-state index in [2.05, 4.69) is 4.74 Å². The van der Waals surface area contributed by atoms with Crippen molar-refractivity contribution in [2.45, 2.75) is 53.5 Å². The van der Waals surface area contributed by atoms with Gasteiger partial charge in [0.05, 0.1) is 11.5 Å². The fourth-order valence-corrected chi connectivity index (χ4v) is 8.65. The van der Waals surface area contributed by atoms with Crippen molar-refractivity contribution in [3.05, 3.63) is 101 Å². The first kappa shape index (κ1) is 37.4. The Morgan fingerprint density at radius 3 is 2.02 bits per heavy atom. The van der Waals surface area contributed by atoms with Crippen LogP contribution in [0.4, 0.5) is 44.3 Å². The summed E-state index contributed by atoms with van der Waals surface area (Å²) in [4.78, 5) is 15.8. The number of benzene rings is 3. The van der Waals surface area contributed by atoms with Crippen LogP contribution in [0.2, 0.25) is 0 Å². The Kier molecular flexibility index (Phi) is 10.3. The van der Waals surface area contributed by atoms with Gasteiger partial charge in [0.2, 0.25) is 0 Å². The lowest BCUT2D eigenvalue weighted by molar-refractivity contribution is -0.392. The molecule has 2 amide bonds. The van der Waals surface area contributed by atoms with E-state index in [0.717, 1.165) is 42.5 Å². The highest BCUT2D eigenvalue weighted by molar-refractivity contribution is 7.92. The van der Waals surface area contributed by atoms with E-state index in [1.165, 1.54) is 9.80 Å². The summed E-state index contributed by atoms with van der Waals surface area (Å²) in [6, 6.07) is 7.41. The molecule has 50 heavy (non-hydrogen) atoms. The van der Waals surface area contributed by atoms with Gasteiger partial charge in [-0.3, -0.25) is 0 Å². The number of piperidine rings is 1. The number of halogens is 9. The van der Waals surface area contributed by atoms with Crippen molar-refractivity contribution in [1.29, 1.82) is 0 Å². The molecular weight excluding hydrogens is 707 g/mol. The number of alkyl halides is 6. The van der Waals surface area contributed by atoms with Gasteiger partial charge in [0, 0.05) is 43.9 Å². The van der Waals surface area contributed by atoms with Crippen LogP contribution in [0.25, 0.3) is 0 Å². The molecule has 7 nitrogen and oxygen atoms in total. The summed E-state index contributed by atoms with van der Waals surface area (Å²) in [5.74, 6) is -3.87. The van der Waals surface area contributed by atoms with E-state index in [4.69, 9.17) is 0 Å². The van der Waals surface area contributed by atoms with E-state index in [1.807, 2.05) is 0 Å². The zero-order valence-corrected chi connectivity index (χ0v) is 26.9. The number of amides is 2. The average Bonchev–Trinajstić information content (AvgIpc) is 3.52. The number of hydrogen-bond acceptors (Lipinski definition) is 5. The molecule has 5 rings (SSSR count). The molecule has 3 aromatic rings. The number of carbonyl (C=O) groups is 1. The largest absolute Gasteiger partial charge is 0.430 e. The fourth-order valence-electron chi connectivity index (χ4n) is 6.58. The molecule has 0 aromatic heterocycles. The van der Waals surface area contributed by atoms with Crippen LogP contribution in [0, 0.1) is 23.4 Å². The third kappa shape index (κ3) is 6.54. The van der Waals surface area contributed by atoms with Crippen LogP contribution in [0.1, 0.15) is 36.0 Å². The van der Waals surface area contributed by atoms with Gasteiger partial charge in [-0.1, -0.05) is 30.3 Å². The van der Waals surface area contributed by atoms with Crippen molar-refractivity contribution in [1.82, 2.24) is 9.80 Å². The Labute approximate surface area is 281 Å². The molecular formula is C33H31F9N2O5S. The van der Waals surface area contributed by atoms with Gasteiger partial charge in [-0.2, -0.15) is 26.3 Å². The zero-order chi connectivity index (χ0) is 36.7. The van der Waals surface area contributed by atoms with Crippen LogP contribution in [0.3, 0.4) is 0 Å². The van der Waals surface area contributed by atoms with Crippen molar-refractivity contribution in [2.75, 3.05) is 32.8 Å². The van der Waals surface area contributed by atoms with E-state index in [1.54, 1.807) is 0 Å². The average molecular weight is 739 g/mol. The molecule has 17 heteroatoms. The van der Waals surface area contributed by atoms with Gasteiger partial charge >= 0.3 is 18.4 Å². The second-order valence-corrected chi connectivity index (χ2v) is 14.5. The number of ether oxygens (including phenoxy) is 1. The number of carbonyl (C=O) groups excluding carboxylic acids is 1. The summed E-state index contributed by atoms with van der Waals surface area (Å²) in [6.07, 6.45) is -11.6. The highest BCUT2D eigenvalue weighted by Crippen LogP contribution is 2.54. The summed E-state index contributed by atoms with van der Waals surface area (Å²) >= 11 is 0. The number of aliphatic hydroxyl groups is 1. The lowest BCUT2D eigenvalue weighted by Crippen LogP contribution is -2.56. The molecule has 0 bridgehead atoms. The molecule has 2 saturated heterocycles. The fraction of sp³-hybridized carbons (Fsp3) is 0.424. The lowest BCUT2D eigenvalue weighted by atomic mass is 9.88. The van der Waals surface area contributed by atoms with Crippen molar-refractivity contribution < 1.29 is 62.6 Å². The number of urea groups is 1. The van der Waals surface area contributed by atoms with Gasteiger partial charge in [-0.25, -0.2) is 26.4 Å². The Morgan fingerprint density at radius 1 is 0.860 bits per heavy atom. The number of likely N-dealkylation sites (tertiary alicyclic amines) is 2. The standard InChI is InChI=1S/C33H31F9N2O5S/c34-24-10-12-25(13-11-24)50(47,48)30(14-16-44(20-30)29(46)43-15-2-3-21(17-43)18-45)22-6-8-23(9-7-22)31(32(37,38)39,33(40,41)42)49-19-26-27(35)4-1-5-28(26)36/h1,4-13,21,45H,2-3,14-20H2. The summed E-state index contributed by atoms with van der Waals surface area (Å²) in [7, 11) is -4.62. The van der Waals surface area contributed by atoms with Crippen LogP contribution in [0.15, 0.2) is 71.6 Å². The maximum absolute atomic E-state index is 14.5. The Balaban J connectivity index is 1.58. The molecule has 2 heterocycles. The second kappa shape index (κ2) is 13.7. The Morgan fingerprint density at radius 2 is 1.46 bits per heavy atom. The summed E-state index contributed by atoms with van der Waals surface area (Å²) < 4.78 is 160. The SMILES string of the molecule is O=C(N1CCCC(CO)C1)N1CCC(c2ccc(C(OCc3c(F)cccc3F)(C(F)(F)F)C(F)(F)F)cc2)(S(=O)(=O)c2ccc(F)cc2)C1. The number of sulfone groups is 1. The maximum Gasteiger partial charge on any atom is 0.430 e. The minimum Gasteiger partial charge on any atom is -0.396 e. The number of rotatable bonds is 8. The van der Waals surface area contributed by atoms with Gasteiger partial charge in [0.15, 0.2) is 9.84 Å². The Hall–Kier alpha value is -3.83. The van der Waals surface area contributed by atoms with Crippen LogP contribution < -0.4 is 0 Å². The van der Waals surface area contributed by atoms with E-state index in [0.29, 0.717) is 43.7 Å². The van der Waals surface area contributed by atoms with Gasteiger partial charge in [0.25, 0.3) is 5.60 Å². The maximum atomic E-state index is 14.5. The highest BCUT2D eigenvalue weighted by atomic mass is 32.2. The van der Waals surface area contributed by atoms with Crippen LogP contribution in [-0.2, 0) is 31.5 Å². The topological polar surface area (TPSA) is 87.2 Å². The third-order valence-corrected chi connectivity index (χ3v) is 11.8. The molecule has 0 aliphatic carbocycles. The first-order valence-electron chi connectivity index (χ1n) is 15.3. The lowest BCUT2D eigenvalue weighted by Gasteiger charge is -2.38. The van der Waals surface area contributed by atoms with E-state index in [9.17, 15) is 57.8 Å². The summed E-state index contributed by atoms with van der Waals surface area (Å²) in [5.41, 5.74) is -8.11. The molecule has 2 aliphatic heterocycles. The minimum absolute atomic E-state index is 0.173. The van der Waals surface area contributed by atoms with E-state index in [-0.39, 0.29) is 37.6 Å². The van der Waals surface area contributed by atoms with Gasteiger partial charge < -0.3 is 19.6 Å². The van der Waals surface area contributed by atoms with Crippen molar-refractivity contribution in [3.8, 4) is 0 Å². The minimum atomic E-state index is -6.23. The molecule has 3 aromatic carbocycles. The second-order valence-electron chi connectivity index (χ2n) is 12.3. The van der Waals surface area contributed by atoms with Crippen LogP contribution >= 0.6 is 0 Å². The molecule has 2 unspecified atom stereocenters. The van der Waals surface area contributed by atoms with Crippen molar-refractivity contribution in [2.24, 2.45) is 5.92 Å². The molecule has 0 saturated carbocycles. The first-order valence-corrected chi connectivity index (χ1v) is 16.8. The Bertz CT molecular complexity index is 1770. The smallest absolute Gasteiger partial charge is 0.396 e. The van der Waals surface area contributed by atoms with Crippen molar-refractivity contribution in [3.63, 3.8) is 0 Å². The summed E-state index contributed by atoms with van der Waals surface area (Å²) in [6.45, 7) is -2.19. The van der Waals surface area contributed by atoms with Gasteiger partial charge in [0.1, 0.15) is 22.2 Å². The molecule has 0 radical (unpaired) electrons. The van der Waals surface area contributed by atoms with E-state index < -0.39 is 85.2 Å². The van der Waals surface area contributed by atoms with Crippen molar-refractivity contribution >= 4 is 15.9 Å². The van der Waals surface area contributed by atoms with Crippen LogP contribution in [-0.4, -0.2) is 74.5 Å². The number of nitrogens with zero attached hydrogens (tertiary/aromatic N) is 2. The predicted octanol–water partition coefficient (Wildman–Crippen LogP) is 6.84. The molecule has 2 atom stereocenters. The molecule has 1 N–H and O–H groups in total. The molecule has 272 valence electrons. The quantitative estimate of drug-likeness (QED) is 0.202. The molecule has 2 aliphatic rings. The zero-order valence-electron chi connectivity index (χ0n) is 26.1. The molecule has 2 fully saturated rings. The van der Waals surface area contributed by atoms with Gasteiger partial charge in [-0.15, -0.1) is 0 Å². The highest BCUT2D eigenvalue weighted by Gasteiger charge is 2.73. The van der Waals surface area contributed by atoms with E-state index >= 15 is 0 Å². The first-order chi connectivity index (χ1) is 23.4. The third-order valence-electron chi connectivity index (χ3n) is 9.30. The monoisotopic (exact) mass is 738 g/mol. The molecule has 0 spiro atoms. The number of hydrogen-bond donors (Lipinski definition) is 1. The van der Waals surface area contributed by atoms with Crippen LogP contribution in [0.5, 0.6) is 0 Å².